The van der Waals surface area contributed by atoms with Crippen LogP contribution in [-0.2, 0) is 11.3 Å². The molecule has 122 valence electrons. The molecule has 1 fully saturated rings. The molecule has 1 aromatic heterocycles. The largest absolute Gasteiger partial charge is 0.444 e. The highest BCUT2D eigenvalue weighted by molar-refractivity contribution is 6.29. The van der Waals surface area contributed by atoms with Gasteiger partial charge in [0.05, 0.1) is 5.69 Å². The predicted octanol–water partition coefficient (Wildman–Crippen LogP) is 2.48. The number of halogens is 1. The second kappa shape index (κ2) is 7.24. The molecule has 2 rings (SSSR count). The van der Waals surface area contributed by atoms with E-state index in [0.29, 0.717) is 17.6 Å². The van der Waals surface area contributed by atoms with Gasteiger partial charge in [-0.05, 0) is 33.1 Å². The van der Waals surface area contributed by atoms with Crippen molar-refractivity contribution in [1.29, 1.82) is 0 Å². The maximum atomic E-state index is 12.0. The van der Waals surface area contributed by atoms with Gasteiger partial charge in [-0.25, -0.2) is 9.78 Å². The third kappa shape index (κ3) is 5.10. The summed E-state index contributed by atoms with van der Waals surface area (Å²) >= 11 is 5.96. The van der Waals surface area contributed by atoms with Gasteiger partial charge in [0.15, 0.2) is 5.15 Å². The molecule has 1 saturated heterocycles. The zero-order valence-corrected chi connectivity index (χ0v) is 14.1. The van der Waals surface area contributed by atoms with Gasteiger partial charge in [0.25, 0.3) is 0 Å². The molecule has 1 unspecified atom stereocenters. The van der Waals surface area contributed by atoms with Crippen LogP contribution in [0.5, 0.6) is 0 Å². The van der Waals surface area contributed by atoms with Crippen molar-refractivity contribution >= 4 is 17.7 Å². The van der Waals surface area contributed by atoms with Gasteiger partial charge < -0.3 is 15.0 Å². The van der Waals surface area contributed by atoms with Gasteiger partial charge in [-0.2, -0.15) is 0 Å². The summed E-state index contributed by atoms with van der Waals surface area (Å²) in [5, 5.41) is 3.75. The fourth-order valence-electron chi connectivity index (χ4n) is 2.35. The number of likely N-dealkylation sites (tertiary alicyclic amines) is 1. The summed E-state index contributed by atoms with van der Waals surface area (Å²) in [7, 11) is 0. The van der Waals surface area contributed by atoms with Gasteiger partial charge in [-0.15, -0.1) is 0 Å². The molecule has 0 bridgehead atoms. The first-order valence-electron chi connectivity index (χ1n) is 7.49. The topological polar surface area (TPSA) is 67.3 Å². The standard InChI is InChI=1S/C15H23ClN4O2/c1-15(2,3)22-14(21)20-7-4-11(10-20)8-17-9-12-13(16)19-6-5-18-12/h5-6,11,17H,4,7-10H2,1-3H3. The molecule has 1 aliphatic heterocycles. The Hall–Kier alpha value is -1.40. The van der Waals surface area contributed by atoms with E-state index >= 15 is 0 Å². The number of carbonyl (C=O) groups is 1. The molecule has 6 nitrogen and oxygen atoms in total. The average Bonchev–Trinajstić information content (AvgIpc) is 2.88. The van der Waals surface area contributed by atoms with Crippen LogP contribution < -0.4 is 5.32 Å². The lowest BCUT2D eigenvalue weighted by Crippen LogP contribution is -2.36. The molecular formula is C15H23ClN4O2. The van der Waals surface area contributed by atoms with Crippen molar-refractivity contribution in [2.75, 3.05) is 19.6 Å². The van der Waals surface area contributed by atoms with E-state index in [1.807, 2.05) is 20.8 Å². The smallest absolute Gasteiger partial charge is 0.410 e. The molecule has 0 aliphatic carbocycles. The Morgan fingerprint density at radius 1 is 1.45 bits per heavy atom. The van der Waals surface area contributed by atoms with Gasteiger partial charge in [-0.3, -0.25) is 4.98 Å². The summed E-state index contributed by atoms with van der Waals surface area (Å²) in [5.41, 5.74) is 0.294. The molecule has 1 aromatic rings. The summed E-state index contributed by atoms with van der Waals surface area (Å²) in [6, 6.07) is 0. The number of hydrogen-bond donors (Lipinski definition) is 1. The van der Waals surface area contributed by atoms with Gasteiger partial charge in [0.1, 0.15) is 5.60 Å². The van der Waals surface area contributed by atoms with E-state index in [1.54, 1.807) is 17.3 Å². The van der Waals surface area contributed by atoms with E-state index in [0.717, 1.165) is 31.7 Å². The Labute approximate surface area is 136 Å². The van der Waals surface area contributed by atoms with Crippen molar-refractivity contribution in [3.8, 4) is 0 Å². The van der Waals surface area contributed by atoms with Crippen molar-refractivity contribution in [2.45, 2.75) is 39.3 Å². The van der Waals surface area contributed by atoms with Gasteiger partial charge in [0, 0.05) is 38.6 Å². The molecule has 0 aromatic carbocycles. The van der Waals surface area contributed by atoms with Crippen LogP contribution in [0.2, 0.25) is 5.15 Å². The maximum absolute atomic E-state index is 12.0. The van der Waals surface area contributed by atoms with Crippen LogP contribution in [0.1, 0.15) is 32.9 Å². The molecule has 1 N–H and O–H groups in total. The molecule has 0 saturated carbocycles. The predicted molar refractivity (Wildman–Crippen MR) is 84.7 cm³/mol. The van der Waals surface area contributed by atoms with E-state index in [-0.39, 0.29) is 6.09 Å². The lowest BCUT2D eigenvalue weighted by atomic mass is 10.1. The second-order valence-corrected chi connectivity index (χ2v) is 6.86. The Bertz CT molecular complexity index is 519. The van der Waals surface area contributed by atoms with Crippen molar-refractivity contribution in [3.63, 3.8) is 0 Å². The van der Waals surface area contributed by atoms with Crippen molar-refractivity contribution in [1.82, 2.24) is 20.2 Å². The van der Waals surface area contributed by atoms with Crippen molar-refractivity contribution < 1.29 is 9.53 Å². The van der Waals surface area contributed by atoms with Crippen LogP contribution >= 0.6 is 11.6 Å². The first kappa shape index (κ1) is 17.0. The number of rotatable bonds is 4. The molecule has 0 radical (unpaired) electrons. The number of nitrogens with one attached hydrogen (secondary N) is 1. The lowest BCUT2D eigenvalue weighted by molar-refractivity contribution is 0.0288. The normalized spacial score (nSPS) is 18.5. The van der Waals surface area contributed by atoms with E-state index in [2.05, 4.69) is 15.3 Å². The van der Waals surface area contributed by atoms with Crippen molar-refractivity contribution in [2.24, 2.45) is 5.92 Å². The summed E-state index contributed by atoms with van der Waals surface area (Å²) in [5.74, 6) is 0.419. The third-order valence-electron chi connectivity index (χ3n) is 3.39. The fourth-order valence-corrected chi connectivity index (χ4v) is 2.53. The quantitative estimate of drug-likeness (QED) is 0.920. The Kier molecular flexibility index (Phi) is 5.58. The second-order valence-electron chi connectivity index (χ2n) is 6.51. The first-order chi connectivity index (χ1) is 10.3. The highest BCUT2D eigenvalue weighted by atomic mass is 35.5. The minimum absolute atomic E-state index is 0.230. The zero-order valence-electron chi connectivity index (χ0n) is 13.3. The Balaban J connectivity index is 1.73. The number of amides is 1. The van der Waals surface area contributed by atoms with Gasteiger partial charge >= 0.3 is 6.09 Å². The fraction of sp³-hybridized carbons (Fsp3) is 0.667. The molecule has 2 heterocycles. The summed E-state index contributed by atoms with van der Waals surface area (Å²) in [4.78, 5) is 21.9. The molecule has 1 amide bonds. The molecule has 1 atom stereocenters. The van der Waals surface area contributed by atoms with Crippen LogP contribution in [0, 0.1) is 5.92 Å². The van der Waals surface area contributed by atoms with Crippen LogP contribution in [0.4, 0.5) is 4.79 Å². The summed E-state index contributed by atoms with van der Waals surface area (Å²) < 4.78 is 5.39. The minimum atomic E-state index is -0.448. The molecule has 1 aliphatic rings. The minimum Gasteiger partial charge on any atom is -0.444 e. The Morgan fingerprint density at radius 3 is 2.86 bits per heavy atom. The summed E-state index contributed by atoms with van der Waals surface area (Å²) in [6.45, 7) is 8.49. The highest BCUT2D eigenvalue weighted by Gasteiger charge is 2.29. The van der Waals surface area contributed by atoms with Crippen molar-refractivity contribution in [3.05, 3.63) is 23.2 Å². The van der Waals surface area contributed by atoms with Crippen LogP contribution in [0.3, 0.4) is 0 Å². The molecule has 22 heavy (non-hydrogen) atoms. The Morgan fingerprint density at radius 2 is 2.18 bits per heavy atom. The van der Waals surface area contributed by atoms with E-state index in [4.69, 9.17) is 16.3 Å². The van der Waals surface area contributed by atoms with Gasteiger partial charge in [-0.1, -0.05) is 11.6 Å². The maximum Gasteiger partial charge on any atom is 0.410 e. The average molecular weight is 327 g/mol. The van der Waals surface area contributed by atoms with Crippen LogP contribution in [0.15, 0.2) is 12.4 Å². The number of ether oxygens (including phenoxy) is 1. The van der Waals surface area contributed by atoms with E-state index in [9.17, 15) is 4.79 Å². The first-order valence-corrected chi connectivity index (χ1v) is 7.87. The highest BCUT2D eigenvalue weighted by Crippen LogP contribution is 2.19. The number of aromatic nitrogens is 2. The third-order valence-corrected chi connectivity index (χ3v) is 3.70. The van der Waals surface area contributed by atoms with E-state index in [1.165, 1.54) is 0 Å². The molecule has 7 heteroatoms. The summed E-state index contributed by atoms with van der Waals surface area (Å²) in [6.07, 6.45) is 3.94. The number of nitrogens with zero attached hydrogens (tertiary/aromatic N) is 3. The zero-order chi connectivity index (χ0) is 16.2. The lowest BCUT2D eigenvalue weighted by Gasteiger charge is -2.24. The van der Waals surface area contributed by atoms with Crippen LogP contribution in [0.25, 0.3) is 0 Å². The van der Waals surface area contributed by atoms with Crippen LogP contribution in [-0.4, -0.2) is 46.2 Å². The monoisotopic (exact) mass is 326 g/mol. The molecular weight excluding hydrogens is 304 g/mol. The molecule has 0 spiro atoms. The van der Waals surface area contributed by atoms with Gasteiger partial charge in [0.2, 0.25) is 0 Å². The number of carbonyl (C=O) groups excluding carboxylic acids is 1. The van der Waals surface area contributed by atoms with E-state index < -0.39 is 5.60 Å². The SMILES string of the molecule is CC(C)(C)OC(=O)N1CCC(CNCc2nccnc2Cl)C1. The number of hydrogen-bond acceptors (Lipinski definition) is 5.